The first-order valence-electron chi connectivity index (χ1n) is 36.1. The zero-order valence-electron chi connectivity index (χ0n) is 56.8. The molecule has 6 rings (SSSR count). The number of fused-ring (bicyclic) bond motifs is 2. The van der Waals surface area contributed by atoms with Gasteiger partial charge in [0.05, 0.1) is 37.6 Å². The number of carbonyl (C=O) groups excluding carboxylic acids is 3. The normalized spacial score (nSPS) is 39.1. The molecule has 0 amide bonds. The van der Waals surface area contributed by atoms with E-state index in [-0.39, 0.29) is 25.4 Å². The lowest BCUT2D eigenvalue weighted by Gasteiger charge is -2.51. The summed E-state index contributed by atoms with van der Waals surface area (Å²) >= 11 is 0. The van der Waals surface area contributed by atoms with Crippen molar-refractivity contribution in [3.63, 3.8) is 0 Å². The molecule has 6 heterocycles. The van der Waals surface area contributed by atoms with Crippen molar-refractivity contribution in [3.05, 3.63) is 0 Å². The Bertz CT molecular complexity index is 2100. The fourth-order valence-electron chi connectivity index (χ4n) is 13.4. The standard InChI is InChI=1S/C68H120O26/c1-7-10-13-15-17-18-22-26-30-35-46(71)88-57-40(4)82-64(55(80)53(57)78)92-59-42(6)84-68(63(90-48(73)37-32-25-20-16-14-11-8-2)62(59)94-65-54(79)51(76)49(74)44(38-69)86-65)91-58-41(5)83-66-61(56(58)81)89-47(72)36-31-27-23-19-21-24-29-34-43(33-28-12-9-3)85-67-60(93-66)52(77)50(75)45(39-70)87-67/h40-45,49-70,74-81H,7-39H2,1-6H3. The van der Waals surface area contributed by atoms with Gasteiger partial charge in [-0.1, -0.05) is 168 Å². The van der Waals surface area contributed by atoms with Gasteiger partial charge >= 0.3 is 17.9 Å². The van der Waals surface area contributed by atoms with E-state index >= 15 is 0 Å². The molecule has 0 radical (unpaired) electrons. The molecular formula is C68H120O26. The highest BCUT2D eigenvalue weighted by molar-refractivity contribution is 5.70. The summed E-state index contributed by atoms with van der Waals surface area (Å²) in [5.41, 5.74) is 0. The van der Waals surface area contributed by atoms with E-state index in [9.17, 15) is 65.4 Å². The summed E-state index contributed by atoms with van der Waals surface area (Å²) in [6.45, 7) is 9.36. The Morgan fingerprint density at radius 2 is 0.862 bits per heavy atom. The fourth-order valence-corrected chi connectivity index (χ4v) is 13.4. The SMILES string of the molecule is CCCCCCCCCCCC(=O)OC1C(C)OC(OC2C(C)OC(OC3C(C)OC4OC5C(OC(CCCCC)CCCCCCCCCC(=O)OC4C3O)OC(CO)C(O)C5O)C(OC(=O)CCCCCCCCC)C2OC2OC(CO)C(O)C(O)C2O)C(O)C1O. The van der Waals surface area contributed by atoms with Gasteiger partial charge < -0.3 is 113 Å². The van der Waals surface area contributed by atoms with Gasteiger partial charge in [-0.2, -0.15) is 0 Å². The molecule has 0 spiro atoms. The van der Waals surface area contributed by atoms with Crippen LogP contribution in [0, 0.1) is 0 Å². The van der Waals surface area contributed by atoms with Crippen LogP contribution in [-0.4, -0.2) is 242 Å². The average Bonchev–Trinajstić information content (AvgIpc) is 0.769. The number of aliphatic hydroxyl groups is 10. The van der Waals surface area contributed by atoms with E-state index in [0.717, 1.165) is 116 Å². The first-order valence-corrected chi connectivity index (χ1v) is 36.1. The molecule has 6 aliphatic heterocycles. The van der Waals surface area contributed by atoms with Gasteiger partial charge in [0.25, 0.3) is 0 Å². The molecule has 0 bridgehead atoms. The first-order chi connectivity index (χ1) is 45.3. The van der Waals surface area contributed by atoms with Crippen LogP contribution in [0.3, 0.4) is 0 Å². The number of ether oxygens (including phenoxy) is 13. The third kappa shape index (κ3) is 24.2. The van der Waals surface area contributed by atoms with Crippen LogP contribution in [0.25, 0.3) is 0 Å². The molecule has 26 nitrogen and oxygen atoms in total. The van der Waals surface area contributed by atoms with Crippen LogP contribution in [-0.2, 0) is 76.0 Å². The average molecular weight is 1350 g/mol. The van der Waals surface area contributed by atoms with E-state index in [1.165, 1.54) is 46.5 Å². The second-order valence-electron chi connectivity index (χ2n) is 27.0. The van der Waals surface area contributed by atoms with Crippen LogP contribution in [0.15, 0.2) is 0 Å². The van der Waals surface area contributed by atoms with Gasteiger partial charge in [-0.3, -0.25) is 14.4 Å². The highest BCUT2D eigenvalue weighted by Gasteiger charge is 2.59. The summed E-state index contributed by atoms with van der Waals surface area (Å²) in [6, 6.07) is 0. The predicted molar refractivity (Wildman–Crippen MR) is 337 cm³/mol. The van der Waals surface area contributed by atoms with Crippen molar-refractivity contribution in [1.29, 1.82) is 0 Å². The summed E-state index contributed by atoms with van der Waals surface area (Å²) in [5.74, 6) is -2.12. The molecule has 10 N–H and O–H groups in total. The lowest BCUT2D eigenvalue weighted by Crippen LogP contribution is -2.68. The minimum absolute atomic E-state index is 0.0625. The number of unbranched alkanes of at least 4 members (excludes halogenated alkanes) is 16. The summed E-state index contributed by atoms with van der Waals surface area (Å²) in [4.78, 5) is 41.5. The second-order valence-corrected chi connectivity index (χ2v) is 27.0. The van der Waals surface area contributed by atoms with E-state index in [0.29, 0.717) is 38.5 Å². The van der Waals surface area contributed by atoms with Gasteiger partial charge in [0.15, 0.2) is 49.8 Å². The van der Waals surface area contributed by atoms with Crippen molar-refractivity contribution >= 4 is 17.9 Å². The Balaban J connectivity index is 1.31. The van der Waals surface area contributed by atoms with Crippen molar-refractivity contribution < 1.29 is 127 Å². The third-order valence-corrected chi connectivity index (χ3v) is 19.2. The number of rotatable bonds is 32. The summed E-state index contributed by atoms with van der Waals surface area (Å²) < 4.78 is 82.2. The first kappa shape index (κ1) is 80.6. The maximum atomic E-state index is 14.3. The van der Waals surface area contributed by atoms with E-state index in [4.69, 9.17) is 61.6 Å². The Hall–Kier alpha value is -2.39. The van der Waals surface area contributed by atoms with E-state index < -0.39 is 185 Å². The quantitative estimate of drug-likeness (QED) is 0.0230. The summed E-state index contributed by atoms with van der Waals surface area (Å²) in [6.07, 6.45) is -16.6. The molecule has 0 aromatic rings. The molecule has 26 atom stereocenters. The topological polar surface area (TPSA) is 374 Å². The second kappa shape index (κ2) is 42.7. The number of hydrogen-bond donors (Lipinski definition) is 10. The molecule has 0 aromatic heterocycles. The summed E-state index contributed by atoms with van der Waals surface area (Å²) in [7, 11) is 0. The minimum atomic E-state index is -2.03. The summed E-state index contributed by atoms with van der Waals surface area (Å²) in [5, 5.41) is 113. The Kier molecular flexibility index (Phi) is 36.6. The van der Waals surface area contributed by atoms with Gasteiger partial charge in [-0.05, 0) is 52.9 Å². The highest BCUT2D eigenvalue weighted by atomic mass is 16.8. The highest BCUT2D eigenvalue weighted by Crippen LogP contribution is 2.40. The van der Waals surface area contributed by atoms with Crippen molar-refractivity contribution in [2.75, 3.05) is 13.2 Å². The monoisotopic (exact) mass is 1350 g/mol. The minimum Gasteiger partial charge on any atom is -0.457 e. The molecule has 26 heteroatoms. The van der Waals surface area contributed by atoms with Crippen LogP contribution in [0.1, 0.15) is 241 Å². The van der Waals surface area contributed by atoms with Crippen molar-refractivity contribution in [1.82, 2.24) is 0 Å². The van der Waals surface area contributed by atoms with Crippen LogP contribution in [0.4, 0.5) is 0 Å². The molecule has 0 aromatic carbocycles. The molecule has 6 saturated heterocycles. The predicted octanol–water partition coefficient (Wildman–Crippen LogP) is 5.37. The molecule has 6 aliphatic rings. The Labute approximate surface area is 556 Å². The van der Waals surface area contributed by atoms with Crippen LogP contribution >= 0.6 is 0 Å². The molecule has 94 heavy (non-hydrogen) atoms. The molecule has 548 valence electrons. The molecule has 26 unspecified atom stereocenters. The van der Waals surface area contributed by atoms with E-state index in [1.54, 1.807) is 0 Å². The van der Waals surface area contributed by atoms with Crippen molar-refractivity contribution in [2.24, 2.45) is 0 Å². The van der Waals surface area contributed by atoms with Crippen LogP contribution < -0.4 is 0 Å². The lowest BCUT2D eigenvalue weighted by atomic mass is 9.95. The zero-order valence-corrected chi connectivity index (χ0v) is 56.8. The molecule has 0 aliphatic carbocycles. The molecular weight excluding hydrogens is 1230 g/mol. The van der Waals surface area contributed by atoms with Crippen molar-refractivity contribution in [2.45, 2.75) is 400 Å². The van der Waals surface area contributed by atoms with Gasteiger partial charge in [0.1, 0.15) is 85.5 Å². The molecule has 0 saturated carbocycles. The zero-order chi connectivity index (χ0) is 68.3. The number of hydrogen-bond acceptors (Lipinski definition) is 26. The van der Waals surface area contributed by atoms with Gasteiger partial charge in [-0.15, -0.1) is 0 Å². The maximum absolute atomic E-state index is 14.3. The molecule has 6 fully saturated rings. The van der Waals surface area contributed by atoms with E-state index in [1.807, 2.05) is 0 Å². The van der Waals surface area contributed by atoms with Crippen LogP contribution in [0.5, 0.6) is 0 Å². The fraction of sp³-hybridized carbons (Fsp3) is 0.956. The van der Waals surface area contributed by atoms with E-state index in [2.05, 4.69) is 20.8 Å². The largest absolute Gasteiger partial charge is 0.457 e. The number of aliphatic hydroxyl groups excluding tert-OH is 10. The Morgan fingerprint density at radius 3 is 1.47 bits per heavy atom. The number of carbonyl (C=O) groups is 3. The van der Waals surface area contributed by atoms with Gasteiger partial charge in [0, 0.05) is 19.3 Å². The lowest BCUT2D eigenvalue weighted by molar-refractivity contribution is -0.400. The third-order valence-electron chi connectivity index (χ3n) is 19.2. The van der Waals surface area contributed by atoms with Crippen molar-refractivity contribution in [3.8, 4) is 0 Å². The van der Waals surface area contributed by atoms with Gasteiger partial charge in [0.2, 0.25) is 0 Å². The van der Waals surface area contributed by atoms with Crippen LogP contribution in [0.2, 0.25) is 0 Å². The smallest absolute Gasteiger partial charge is 0.306 e. The van der Waals surface area contributed by atoms with Gasteiger partial charge in [-0.25, -0.2) is 0 Å². The number of esters is 3. The maximum Gasteiger partial charge on any atom is 0.306 e. The Morgan fingerprint density at radius 1 is 0.404 bits per heavy atom.